The van der Waals surface area contributed by atoms with E-state index >= 15 is 0 Å². The molecular formula is C22H24BrNO3. The Labute approximate surface area is 168 Å². The van der Waals surface area contributed by atoms with Gasteiger partial charge in [0.1, 0.15) is 0 Å². The minimum Gasteiger partial charge on any atom is -0.465 e. The van der Waals surface area contributed by atoms with Gasteiger partial charge in [-0.3, -0.25) is 4.79 Å². The molecule has 1 aliphatic rings. The summed E-state index contributed by atoms with van der Waals surface area (Å²) in [6.45, 7) is 6.11. The van der Waals surface area contributed by atoms with Crippen molar-refractivity contribution in [2.45, 2.75) is 44.6 Å². The maximum Gasteiger partial charge on any atom is 0.337 e. The normalized spacial score (nSPS) is 20.6. The first-order valence-corrected chi connectivity index (χ1v) is 9.83. The molecule has 0 aliphatic carbocycles. The van der Waals surface area contributed by atoms with Gasteiger partial charge in [-0.05, 0) is 67.6 Å². The molecule has 0 fully saturated rings. The molecule has 0 aromatic heterocycles. The molecule has 1 heterocycles. The van der Waals surface area contributed by atoms with Crippen molar-refractivity contribution in [1.82, 2.24) is 5.32 Å². The average molecular weight is 430 g/mol. The lowest BCUT2D eigenvalue weighted by molar-refractivity contribution is -0.130. The Kier molecular flexibility index (Phi) is 5.17. The van der Waals surface area contributed by atoms with E-state index in [2.05, 4.69) is 33.4 Å². The van der Waals surface area contributed by atoms with Crippen LogP contribution >= 0.6 is 15.9 Å². The molecule has 0 bridgehead atoms. The first-order valence-electron chi connectivity index (χ1n) is 9.04. The van der Waals surface area contributed by atoms with Crippen LogP contribution in [0, 0.1) is 0 Å². The van der Waals surface area contributed by atoms with Crippen LogP contribution in [0.1, 0.15) is 54.2 Å². The highest BCUT2D eigenvalue weighted by Gasteiger charge is 2.48. The van der Waals surface area contributed by atoms with Gasteiger partial charge in [0.05, 0.1) is 23.6 Å². The number of ether oxygens (including phenoxy) is 1. The molecule has 0 saturated heterocycles. The van der Waals surface area contributed by atoms with Gasteiger partial charge in [0.2, 0.25) is 5.91 Å². The smallest absolute Gasteiger partial charge is 0.337 e. The Morgan fingerprint density at radius 3 is 2.37 bits per heavy atom. The van der Waals surface area contributed by atoms with Gasteiger partial charge < -0.3 is 10.1 Å². The third-order valence-electron chi connectivity index (χ3n) is 5.52. The number of fused-ring (bicyclic) bond motifs is 1. The summed E-state index contributed by atoms with van der Waals surface area (Å²) >= 11 is 3.56. The van der Waals surface area contributed by atoms with Crippen LogP contribution in [0.4, 0.5) is 0 Å². The molecule has 1 amide bonds. The molecule has 27 heavy (non-hydrogen) atoms. The number of carbonyl (C=O) groups is 2. The van der Waals surface area contributed by atoms with E-state index in [4.69, 9.17) is 4.74 Å². The molecule has 3 rings (SSSR count). The van der Waals surface area contributed by atoms with Crippen LogP contribution in [0.5, 0.6) is 0 Å². The number of halogens is 1. The second-order valence-electron chi connectivity index (χ2n) is 7.57. The molecule has 0 spiro atoms. The van der Waals surface area contributed by atoms with Crippen molar-refractivity contribution < 1.29 is 14.3 Å². The SMILES string of the molecule is CCC1(Cc2ccc(C(=O)OC)cc2)C(=O)NC(C)(C)c2ccc(Br)cc21. The number of esters is 1. The molecule has 0 radical (unpaired) electrons. The molecule has 4 nitrogen and oxygen atoms in total. The van der Waals surface area contributed by atoms with E-state index in [1.807, 2.05) is 39.0 Å². The minimum absolute atomic E-state index is 0.0395. The van der Waals surface area contributed by atoms with Crippen molar-refractivity contribution in [3.05, 3.63) is 69.2 Å². The highest BCUT2D eigenvalue weighted by molar-refractivity contribution is 9.10. The highest BCUT2D eigenvalue weighted by atomic mass is 79.9. The number of benzene rings is 2. The molecule has 1 N–H and O–H groups in total. The number of carbonyl (C=O) groups excluding carboxylic acids is 2. The van der Waals surface area contributed by atoms with Crippen molar-refractivity contribution in [2.24, 2.45) is 0 Å². The number of hydrogen-bond acceptors (Lipinski definition) is 3. The monoisotopic (exact) mass is 429 g/mol. The zero-order valence-electron chi connectivity index (χ0n) is 16.1. The third-order valence-corrected chi connectivity index (χ3v) is 6.01. The number of methoxy groups -OCH3 is 1. The standard InChI is InChI=1S/C22H24BrNO3/c1-5-22(13-14-6-8-15(9-7-14)19(25)27-4)18-12-16(23)10-11-17(18)21(2,3)24-20(22)26/h6-12H,5,13H2,1-4H3,(H,24,26). The van der Waals surface area contributed by atoms with E-state index in [1.54, 1.807) is 12.1 Å². The first-order chi connectivity index (χ1) is 12.7. The van der Waals surface area contributed by atoms with Crippen LogP contribution < -0.4 is 5.32 Å². The van der Waals surface area contributed by atoms with Crippen LogP contribution in [0.25, 0.3) is 0 Å². The van der Waals surface area contributed by atoms with E-state index in [0.717, 1.165) is 21.2 Å². The lowest BCUT2D eigenvalue weighted by Gasteiger charge is -2.45. The molecule has 5 heteroatoms. The summed E-state index contributed by atoms with van der Waals surface area (Å²) in [7, 11) is 1.37. The van der Waals surface area contributed by atoms with E-state index in [9.17, 15) is 9.59 Å². The topological polar surface area (TPSA) is 55.4 Å². The van der Waals surface area contributed by atoms with Gasteiger partial charge in [-0.15, -0.1) is 0 Å². The highest BCUT2D eigenvalue weighted by Crippen LogP contribution is 2.43. The summed E-state index contributed by atoms with van der Waals surface area (Å²) in [6, 6.07) is 13.5. The summed E-state index contributed by atoms with van der Waals surface area (Å²) in [4.78, 5) is 24.9. The third kappa shape index (κ3) is 3.41. The summed E-state index contributed by atoms with van der Waals surface area (Å²) in [5.74, 6) is -0.323. The largest absolute Gasteiger partial charge is 0.465 e. The maximum atomic E-state index is 13.3. The fourth-order valence-corrected chi connectivity index (χ4v) is 4.29. The van der Waals surface area contributed by atoms with Crippen molar-refractivity contribution >= 4 is 27.8 Å². The Morgan fingerprint density at radius 1 is 1.11 bits per heavy atom. The second kappa shape index (κ2) is 7.12. The Morgan fingerprint density at radius 2 is 1.78 bits per heavy atom. The number of amides is 1. The molecule has 142 valence electrons. The zero-order valence-corrected chi connectivity index (χ0v) is 17.6. The summed E-state index contributed by atoms with van der Waals surface area (Å²) < 4.78 is 5.72. The molecule has 1 atom stereocenters. The minimum atomic E-state index is -0.651. The second-order valence-corrected chi connectivity index (χ2v) is 8.49. The fraction of sp³-hybridized carbons (Fsp3) is 0.364. The van der Waals surface area contributed by atoms with Crippen molar-refractivity contribution in [1.29, 1.82) is 0 Å². The van der Waals surface area contributed by atoms with Crippen LogP contribution in [-0.4, -0.2) is 19.0 Å². The zero-order chi connectivity index (χ0) is 19.8. The van der Waals surface area contributed by atoms with Crippen LogP contribution in [0.3, 0.4) is 0 Å². The quantitative estimate of drug-likeness (QED) is 0.728. The fourth-order valence-electron chi connectivity index (χ4n) is 3.93. The summed E-state index contributed by atoms with van der Waals surface area (Å²) in [6.07, 6.45) is 1.24. The lowest BCUT2D eigenvalue weighted by atomic mass is 9.65. The van der Waals surface area contributed by atoms with Crippen molar-refractivity contribution in [3.63, 3.8) is 0 Å². The van der Waals surface area contributed by atoms with Crippen LogP contribution in [0.15, 0.2) is 46.9 Å². The van der Waals surface area contributed by atoms with E-state index < -0.39 is 11.0 Å². The van der Waals surface area contributed by atoms with Crippen molar-refractivity contribution in [3.8, 4) is 0 Å². The predicted molar refractivity (Wildman–Crippen MR) is 109 cm³/mol. The van der Waals surface area contributed by atoms with Gasteiger partial charge in [-0.25, -0.2) is 4.79 Å². The molecular weight excluding hydrogens is 406 g/mol. The number of nitrogens with one attached hydrogen (secondary N) is 1. The molecule has 0 saturated carbocycles. The van der Waals surface area contributed by atoms with E-state index in [0.29, 0.717) is 18.4 Å². The molecule has 1 unspecified atom stereocenters. The summed E-state index contributed by atoms with van der Waals surface area (Å²) in [5, 5.41) is 3.20. The lowest BCUT2D eigenvalue weighted by Crippen LogP contribution is -2.57. The van der Waals surface area contributed by atoms with Gasteiger partial charge in [-0.1, -0.05) is 41.1 Å². The molecule has 2 aromatic carbocycles. The number of hydrogen-bond donors (Lipinski definition) is 1. The van der Waals surface area contributed by atoms with Crippen LogP contribution in [-0.2, 0) is 26.9 Å². The van der Waals surface area contributed by atoms with Crippen molar-refractivity contribution in [2.75, 3.05) is 7.11 Å². The average Bonchev–Trinajstić information content (AvgIpc) is 2.64. The molecule has 1 aliphatic heterocycles. The van der Waals surface area contributed by atoms with Gasteiger partial charge in [0.15, 0.2) is 0 Å². The number of rotatable bonds is 4. The Bertz CT molecular complexity index is 889. The van der Waals surface area contributed by atoms with Gasteiger partial charge in [-0.2, -0.15) is 0 Å². The van der Waals surface area contributed by atoms with E-state index in [-0.39, 0.29) is 11.9 Å². The Hall–Kier alpha value is -2.14. The van der Waals surface area contributed by atoms with Gasteiger partial charge in [0.25, 0.3) is 0 Å². The van der Waals surface area contributed by atoms with Gasteiger partial charge in [0, 0.05) is 4.47 Å². The summed E-state index contributed by atoms with van der Waals surface area (Å²) in [5.41, 5.74) is 2.64. The first kappa shape index (κ1) is 19.6. The maximum absolute atomic E-state index is 13.3. The molecule has 2 aromatic rings. The predicted octanol–water partition coefficient (Wildman–Crippen LogP) is 4.49. The van der Waals surface area contributed by atoms with E-state index in [1.165, 1.54) is 7.11 Å². The van der Waals surface area contributed by atoms with Gasteiger partial charge >= 0.3 is 5.97 Å². The van der Waals surface area contributed by atoms with Crippen LogP contribution in [0.2, 0.25) is 0 Å². The Balaban J connectivity index is 2.07.